The number of halogens is 1. The van der Waals surface area contributed by atoms with Crippen LogP contribution in [-0.2, 0) is 4.79 Å². The predicted octanol–water partition coefficient (Wildman–Crippen LogP) is 4.93. The molecule has 0 unspecified atom stereocenters. The lowest BCUT2D eigenvalue weighted by molar-refractivity contribution is -0.118. The Morgan fingerprint density at radius 2 is 1.57 bits per heavy atom. The Hall–Kier alpha value is -3.51. The van der Waals surface area contributed by atoms with E-state index in [4.69, 9.17) is 21.1 Å². The van der Waals surface area contributed by atoms with E-state index in [1.54, 1.807) is 73.8 Å². The van der Waals surface area contributed by atoms with Crippen molar-refractivity contribution in [3.05, 3.63) is 82.9 Å². The van der Waals surface area contributed by atoms with Gasteiger partial charge in [0.2, 0.25) is 0 Å². The van der Waals surface area contributed by atoms with Crippen LogP contribution in [0.2, 0.25) is 5.02 Å². The lowest BCUT2D eigenvalue weighted by Gasteiger charge is -2.10. The standard InChI is InChI=1S/C23H21ClN2O4/c1-15-13-17(24)5-12-21(15)26-22(27)14-30-20-8-3-16(4-9-20)23(28)25-18-6-10-19(29-2)11-7-18/h3-13H,14H2,1-2H3,(H,25,28)(H,26,27). The monoisotopic (exact) mass is 424 g/mol. The summed E-state index contributed by atoms with van der Waals surface area (Å²) >= 11 is 5.92. The summed E-state index contributed by atoms with van der Waals surface area (Å²) in [4.78, 5) is 24.5. The Labute approximate surface area is 179 Å². The molecule has 7 heteroatoms. The number of carbonyl (C=O) groups excluding carboxylic acids is 2. The first-order valence-electron chi connectivity index (χ1n) is 9.19. The van der Waals surface area contributed by atoms with Crippen LogP contribution in [-0.4, -0.2) is 25.5 Å². The maximum atomic E-state index is 12.3. The minimum absolute atomic E-state index is 0.153. The van der Waals surface area contributed by atoms with E-state index in [-0.39, 0.29) is 18.4 Å². The maximum Gasteiger partial charge on any atom is 0.262 e. The molecule has 6 nitrogen and oxygen atoms in total. The van der Waals surface area contributed by atoms with E-state index < -0.39 is 0 Å². The second-order valence-electron chi connectivity index (χ2n) is 6.50. The van der Waals surface area contributed by atoms with Crippen molar-refractivity contribution >= 4 is 34.8 Å². The molecular weight excluding hydrogens is 404 g/mol. The fraction of sp³-hybridized carbons (Fsp3) is 0.130. The smallest absolute Gasteiger partial charge is 0.262 e. The van der Waals surface area contributed by atoms with Crippen LogP contribution in [0, 0.1) is 6.92 Å². The average molecular weight is 425 g/mol. The second-order valence-corrected chi connectivity index (χ2v) is 6.94. The summed E-state index contributed by atoms with van der Waals surface area (Å²) in [6, 6.07) is 18.8. The molecule has 0 heterocycles. The van der Waals surface area contributed by atoms with Gasteiger partial charge in [0.05, 0.1) is 7.11 Å². The number of benzene rings is 3. The van der Waals surface area contributed by atoms with Gasteiger partial charge in [-0.2, -0.15) is 0 Å². The zero-order valence-corrected chi connectivity index (χ0v) is 17.3. The van der Waals surface area contributed by atoms with Crippen LogP contribution in [0.1, 0.15) is 15.9 Å². The van der Waals surface area contributed by atoms with Crippen molar-refractivity contribution < 1.29 is 19.1 Å². The molecule has 3 rings (SSSR count). The topological polar surface area (TPSA) is 76.7 Å². The molecule has 0 aliphatic carbocycles. The molecule has 0 aliphatic heterocycles. The summed E-state index contributed by atoms with van der Waals surface area (Å²) < 4.78 is 10.6. The zero-order chi connectivity index (χ0) is 21.5. The van der Waals surface area contributed by atoms with Crippen LogP contribution < -0.4 is 20.1 Å². The number of rotatable bonds is 7. The van der Waals surface area contributed by atoms with Crippen molar-refractivity contribution in [1.82, 2.24) is 0 Å². The van der Waals surface area contributed by atoms with Gasteiger partial charge in [-0.25, -0.2) is 0 Å². The average Bonchev–Trinajstić information content (AvgIpc) is 2.75. The Bertz CT molecular complexity index is 1030. The van der Waals surface area contributed by atoms with E-state index in [2.05, 4.69) is 10.6 Å². The van der Waals surface area contributed by atoms with Crippen molar-refractivity contribution in [2.45, 2.75) is 6.92 Å². The molecule has 2 N–H and O–H groups in total. The molecule has 0 aromatic heterocycles. The molecule has 0 atom stereocenters. The quantitative estimate of drug-likeness (QED) is 0.564. The van der Waals surface area contributed by atoms with Crippen LogP contribution in [0.25, 0.3) is 0 Å². The van der Waals surface area contributed by atoms with Gasteiger partial charge in [-0.1, -0.05) is 11.6 Å². The molecule has 0 spiro atoms. The minimum Gasteiger partial charge on any atom is -0.497 e. The molecule has 3 aromatic rings. The summed E-state index contributed by atoms with van der Waals surface area (Å²) in [5.41, 5.74) is 2.68. The molecule has 3 aromatic carbocycles. The third kappa shape index (κ3) is 5.75. The van der Waals surface area contributed by atoms with Crippen LogP contribution in [0.4, 0.5) is 11.4 Å². The highest BCUT2D eigenvalue weighted by molar-refractivity contribution is 6.30. The summed E-state index contributed by atoms with van der Waals surface area (Å²) in [6.45, 7) is 1.71. The number of nitrogens with one attached hydrogen (secondary N) is 2. The number of methoxy groups -OCH3 is 1. The van der Waals surface area contributed by atoms with E-state index in [0.717, 1.165) is 5.56 Å². The number of aryl methyl sites for hydroxylation is 1. The van der Waals surface area contributed by atoms with E-state index in [1.165, 1.54) is 0 Å². The normalized spacial score (nSPS) is 10.2. The summed E-state index contributed by atoms with van der Waals surface area (Å²) in [5.74, 6) is 0.660. The molecule has 0 radical (unpaired) electrons. The number of amides is 2. The van der Waals surface area contributed by atoms with Gasteiger partial charge in [0, 0.05) is 22.0 Å². The van der Waals surface area contributed by atoms with Crippen molar-refractivity contribution in [3.8, 4) is 11.5 Å². The van der Waals surface area contributed by atoms with Crippen LogP contribution in [0.3, 0.4) is 0 Å². The zero-order valence-electron chi connectivity index (χ0n) is 16.6. The van der Waals surface area contributed by atoms with Crippen molar-refractivity contribution in [1.29, 1.82) is 0 Å². The predicted molar refractivity (Wildman–Crippen MR) is 118 cm³/mol. The van der Waals surface area contributed by atoms with Gasteiger partial charge in [-0.15, -0.1) is 0 Å². The van der Waals surface area contributed by atoms with Crippen molar-refractivity contribution in [2.24, 2.45) is 0 Å². The molecule has 0 fully saturated rings. The van der Waals surface area contributed by atoms with Gasteiger partial charge in [0.15, 0.2) is 6.61 Å². The maximum absolute atomic E-state index is 12.3. The molecule has 154 valence electrons. The van der Waals surface area contributed by atoms with E-state index >= 15 is 0 Å². The largest absolute Gasteiger partial charge is 0.497 e. The summed E-state index contributed by atoms with van der Waals surface area (Å²) in [6.07, 6.45) is 0. The van der Waals surface area contributed by atoms with E-state index in [1.807, 2.05) is 6.92 Å². The molecule has 2 amide bonds. The van der Waals surface area contributed by atoms with Crippen LogP contribution >= 0.6 is 11.6 Å². The van der Waals surface area contributed by atoms with E-state index in [9.17, 15) is 9.59 Å². The molecule has 0 aliphatic rings. The first-order valence-corrected chi connectivity index (χ1v) is 9.56. The molecule has 0 saturated carbocycles. The van der Waals surface area contributed by atoms with Gasteiger partial charge in [0.1, 0.15) is 11.5 Å². The van der Waals surface area contributed by atoms with Crippen molar-refractivity contribution in [2.75, 3.05) is 24.4 Å². The highest BCUT2D eigenvalue weighted by Crippen LogP contribution is 2.20. The SMILES string of the molecule is COc1ccc(NC(=O)c2ccc(OCC(=O)Nc3ccc(Cl)cc3C)cc2)cc1. The molecule has 0 saturated heterocycles. The third-order valence-electron chi connectivity index (χ3n) is 4.30. The lowest BCUT2D eigenvalue weighted by atomic mass is 10.2. The number of carbonyl (C=O) groups is 2. The molecular formula is C23H21ClN2O4. The van der Waals surface area contributed by atoms with Gasteiger partial charge >= 0.3 is 0 Å². The van der Waals surface area contributed by atoms with Gasteiger partial charge in [-0.05, 0) is 79.2 Å². The molecule has 0 bridgehead atoms. The minimum atomic E-state index is -0.290. The fourth-order valence-corrected chi connectivity index (χ4v) is 2.91. The molecule has 30 heavy (non-hydrogen) atoms. The van der Waals surface area contributed by atoms with Gasteiger partial charge in [0.25, 0.3) is 11.8 Å². The van der Waals surface area contributed by atoms with Crippen molar-refractivity contribution in [3.63, 3.8) is 0 Å². The first kappa shape index (κ1) is 21.2. The summed E-state index contributed by atoms with van der Waals surface area (Å²) in [7, 11) is 1.58. The summed E-state index contributed by atoms with van der Waals surface area (Å²) in [5, 5.41) is 6.19. The number of hydrogen-bond acceptors (Lipinski definition) is 4. The first-order chi connectivity index (χ1) is 14.4. The second kappa shape index (κ2) is 9.80. The lowest BCUT2D eigenvalue weighted by Crippen LogP contribution is -2.20. The van der Waals surface area contributed by atoms with Gasteiger partial charge < -0.3 is 20.1 Å². The Morgan fingerprint density at radius 3 is 2.20 bits per heavy atom. The number of anilines is 2. The Kier molecular flexibility index (Phi) is 6.93. The van der Waals surface area contributed by atoms with E-state index in [0.29, 0.717) is 33.5 Å². The van der Waals surface area contributed by atoms with Crippen LogP contribution in [0.5, 0.6) is 11.5 Å². The van der Waals surface area contributed by atoms with Gasteiger partial charge in [-0.3, -0.25) is 9.59 Å². The van der Waals surface area contributed by atoms with Crippen LogP contribution in [0.15, 0.2) is 66.7 Å². The highest BCUT2D eigenvalue weighted by atomic mass is 35.5. The number of ether oxygens (including phenoxy) is 2. The highest BCUT2D eigenvalue weighted by Gasteiger charge is 2.09. The Morgan fingerprint density at radius 1 is 0.900 bits per heavy atom. The third-order valence-corrected chi connectivity index (χ3v) is 4.53. The Balaban J connectivity index is 1.52. The number of hydrogen-bond donors (Lipinski definition) is 2. The fourth-order valence-electron chi connectivity index (χ4n) is 2.68.